The van der Waals surface area contributed by atoms with E-state index < -0.39 is 6.09 Å². The molecule has 7 nitrogen and oxygen atoms in total. The highest BCUT2D eigenvalue weighted by atomic mass is 16.6. The molecule has 0 fully saturated rings. The van der Waals surface area contributed by atoms with Gasteiger partial charge in [0, 0.05) is 19.1 Å². The van der Waals surface area contributed by atoms with E-state index in [1.54, 1.807) is 0 Å². The summed E-state index contributed by atoms with van der Waals surface area (Å²) in [5.41, 5.74) is 4.85. The van der Waals surface area contributed by atoms with Gasteiger partial charge in [0.2, 0.25) is 0 Å². The van der Waals surface area contributed by atoms with Crippen LogP contribution in [0.15, 0.2) is 48.5 Å². The van der Waals surface area contributed by atoms with Crippen LogP contribution in [0.4, 0.5) is 4.79 Å². The fraction of sp³-hybridized carbons (Fsp3) is 0.519. The van der Waals surface area contributed by atoms with Crippen molar-refractivity contribution in [3.05, 3.63) is 59.7 Å². The van der Waals surface area contributed by atoms with Crippen LogP contribution in [-0.4, -0.2) is 71.6 Å². The van der Waals surface area contributed by atoms with Gasteiger partial charge < -0.3 is 29.0 Å². The number of benzene rings is 2. The summed E-state index contributed by atoms with van der Waals surface area (Å²) < 4.78 is 27.3. The van der Waals surface area contributed by atoms with Crippen LogP contribution in [0.5, 0.6) is 0 Å². The summed E-state index contributed by atoms with van der Waals surface area (Å²) in [7, 11) is 0. The Labute approximate surface area is 202 Å². The molecule has 0 unspecified atom stereocenters. The highest BCUT2D eigenvalue weighted by molar-refractivity contribution is 5.79. The fourth-order valence-corrected chi connectivity index (χ4v) is 3.90. The molecular formula is C27H37NO6. The number of ether oxygens (including phenoxy) is 5. The first kappa shape index (κ1) is 26.2. The second-order valence-corrected chi connectivity index (χ2v) is 8.36. The Balaban J connectivity index is 1.19. The molecule has 2 aromatic rings. The van der Waals surface area contributed by atoms with Gasteiger partial charge >= 0.3 is 6.09 Å². The molecule has 34 heavy (non-hydrogen) atoms. The van der Waals surface area contributed by atoms with Gasteiger partial charge in [-0.05, 0) is 42.5 Å². The van der Waals surface area contributed by atoms with E-state index in [0.29, 0.717) is 65.8 Å². The zero-order chi connectivity index (χ0) is 24.0. The lowest BCUT2D eigenvalue weighted by atomic mass is 9.98. The smallest absolute Gasteiger partial charge is 0.407 e. The molecule has 0 saturated heterocycles. The van der Waals surface area contributed by atoms with Gasteiger partial charge in [-0.15, -0.1) is 0 Å². The zero-order valence-electron chi connectivity index (χ0n) is 20.3. The predicted molar refractivity (Wildman–Crippen MR) is 131 cm³/mol. The minimum absolute atomic E-state index is 0.0697. The molecule has 7 heteroatoms. The fourth-order valence-electron chi connectivity index (χ4n) is 3.90. The van der Waals surface area contributed by atoms with E-state index in [4.69, 9.17) is 23.7 Å². The lowest BCUT2D eigenvalue weighted by Crippen LogP contribution is -2.27. The number of nitrogens with one attached hydrogen (secondary N) is 1. The summed E-state index contributed by atoms with van der Waals surface area (Å²) in [4.78, 5) is 12.1. The van der Waals surface area contributed by atoms with Crippen molar-refractivity contribution in [2.45, 2.75) is 32.3 Å². The molecule has 2 aromatic carbocycles. The Morgan fingerprint density at radius 2 is 1.32 bits per heavy atom. The largest absolute Gasteiger partial charge is 0.449 e. The van der Waals surface area contributed by atoms with Gasteiger partial charge in [-0.1, -0.05) is 48.5 Å². The normalized spacial score (nSPS) is 12.6. The number of hydrogen-bond acceptors (Lipinski definition) is 6. The third-order valence-corrected chi connectivity index (χ3v) is 5.50. The number of alkyl carbamates (subject to hydrolysis) is 1. The third kappa shape index (κ3) is 8.40. The lowest BCUT2D eigenvalue weighted by molar-refractivity contribution is -0.0118. The molecule has 0 atom stereocenters. The third-order valence-electron chi connectivity index (χ3n) is 5.50. The summed E-state index contributed by atoms with van der Waals surface area (Å²) in [5.74, 6) is 0.0697. The highest BCUT2D eigenvalue weighted by Gasteiger charge is 2.28. The maximum absolute atomic E-state index is 12.1. The monoisotopic (exact) mass is 471 g/mol. The first-order valence-electron chi connectivity index (χ1n) is 12.1. The van der Waals surface area contributed by atoms with Crippen LogP contribution in [-0.2, 0) is 23.7 Å². The Morgan fingerprint density at radius 1 is 0.794 bits per heavy atom. The molecule has 0 aliphatic heterocycles. The van der Waals surface area contributed by atoms with Gasteiger partial charge in [0.1, 0.15) is 6.61 Å². The number of rotatable bonds is 16. The molecule has 1 aliphatic carbocycles. The summed E-state index contributed by atoms with van der Waals surface area (Å²) in [6, 6.07) is 16.6. The summed E-state index contributed by atoms with van der Waals surface area (Å²) in [5, 5.41) is 2.80. The van der Waals surface area contributed by atoms with E-state index in [9.17, 15) is 4.79 Å². The van der Waals surface area contributed by atoms with Crippen molar-refractivity contribution in [2.75, 3.05) is 59.4 Å². The van der Waals surface area contributed by atoms with Gasteiger partial charge in [-0.25, -0.2) is 4.79 Å². The molecule has 186 valence electrons. The summed E-state index contributed by atoms with van der Waals surface area (Å²) in [6.45, 7) is 8.68. The molecule has 0 saturated carbocycles. The maximum Gasteiger partial charge on any atom is 0.407 e. The van der Waals surface area contributed by atoms with E-state index in [-0.39, 0.29) is 12.0 Å². The van der Waals surface area contributed by atoms with Crippen molar-refractivity contribution < 1.29 is 28.5 Å². The van der Waals surface area contributed by atoms with Crippen molar-refractivity contribution in [1.29, 1.82) is 0 Å². The second kappa shape index (κ2) is 14.7. The Hall–Kier alpha value is -2.45. The topological polar surface area (TPSA) is 75.3 Å². The number of fused-ring (bicyclic) bond motifs is 3. The Kier molecular flexibility index (Phi) is 11.3. The molecule has 1 N–H and O–H groups in total. The SMILES string of the molecule is CC(C)OCCOCCOCCOCCCNC(=O)OCC1c2ccccc2-c2ccccc21. The van der Waals surface area contributed by atoms with Crippen LogP contribution in [0.25, 0.3) is 11.1 Å². The van der Waals surface area contributed by atoms with E-state index >= 15 is 0 Å². The Bertz CT molecular complexity index is 826. The number of carbonyl (C=O) groups excluding carboxylic acids is 1. The van der Waals surface area contributed by atoms with Crippen molar-refractivity contribution >= 4 is 6.09 Å². The number of hydrogen-bond donors (Lipinski definition) is 1. The minimum atomic E-state index is -0.399. The van der Waals surface area contributed by atoms with E-state index in [1.165, 1.54) is 22.3 Å². The van der Waals surface area contributed by atoms with Crippen molar-refractivity contribution in [1.82, 2.24) is 5.32 Å². The van der Waals surface area contributed by atoms with Gasteiger partial charge in [-0.3, -0.25) is 0 Å². The average molecular weight is 472 g/mol. The van der Waals surface area contributed by atoms with Gasteiger partial charge in [0.15, 0.2) is 0 Å². The van der Waals surface area contributed by atoms with Crippen LogP contribution in [0.3, 0.4) is 0 Å². The molecule has 0 aromatic heterocycles. The number of carbonyl (C=O) groups is 1. The molecule has 1 aliphatic rings. The Morgan fingerprint density at radius 3 is 1.91 bits per heavy atom. The van der Waals surface area contributed by atoms with Gasteiger partial charge in [0.05, 0.1) is 45.7 Å². The van der Waals surface area contributed by atoms with Crippen LogP contribution >= 0.6 is 0 Å². The first-order valence-corrected chi connectivity index (χ1v) is 12.1. The van der Waals surface area contributed by atoms with Crippen LogP contribution in [0.1, 0.15) is 37.3 Å². The molecule has 3 rings (SSSR count). The molecule has 0 radical (unpaired) electrons. The molecule has 0 heterocycles. The van der Waals surface area contributed by atoms with Crippen molar-refractivity contribution in [3.8, 4) is 11.1 Å². The van der Waals surface area contributed by atoms with E-state index in [2.05, 4.69) is 29.6 Å². The van der Waals surface area contributed by atoms with E-state index in [1.807, 2.05) is 38.1 Å². The van der Waals surface area contributed by atoms with Gasteiger partial charge in [0.25, 0.3) is 0 Å². The van der Waals surface area contributed by atoms with Gasteiger partial charge in [-0.2, -0.15) is 0 Å². The first-order chi connectivity index (χ1) is 16.7. The molecule has 0 bridgehead atoms. The average Bonchev–Trinajstić information content (AvgIpc) is 3.16. The molecular weight excluding hydrogens is 434 g/mol. The van der Waals surface area contributed by atoms with Crippen molar-refractivity contribution in [3.63, 3.8) is 0 Å². The number of amides is 1. The standard InChI is InChI=1S/C27H37NO6/c1-21(2)33-19-18-32-17-16-31-15-14-30-13-7-12-28-27(29)34-20-26-24-10-5-3-8-22(24)23-9-4-6-11-25(23)26/h3-6,8-11,21,26H,7,12-20H2,1-2H3,(H,28,29). The van der Waals surface area contributed by atoms with Crippen LogP contribution < -0.4 is 5.32 Å². The second-order valence-electron chi connectivity index (χ2n) is 8.36. The maximum atomic E-state index is 12.1. The van der Waals surface area contributed by atoms with E-state index in [0.717, 1.165) is 0 Å². The highest BCUT2D eigenvalue weighted by Crippen LogP contribution is 2.44. The summed E-state index contributed by atoms with van der Waals surface area (Å²) >= 11 is 0. The van der Waals surface area contributed by atoms with Crippen molar-refractivity contribution in [2.24, 2.45) is 0 Å². The minimum Gasteiger partial charge on any atom is -0.449 e. The van der Waals surface area contributed by atoms with Crippen LogP contribution in [0, 0.1) is 0 Å². The lowest BCUT2D eigenvalue weighted by Gasteiger charge is -2.14. The molecule has 0 spiro atoms. The predicted octanol–water partition coefficient (Wildman–Crippen LogP) is 4.39. The quantitative estimate of drug-likeness (QED) is 0.366. The summed E-state index contributed by atoms with van der Waals surface area (Å²) in [6.07, 6.45) is 0.540. The molecule has 1 amide bonds. The van der Waals surface area contributed by atoms with Crippen LogP contribution in [0.2, 0.25) is 0 Å². The zero-order valence-corrected chi connectivity index (χ0v) is 20.3.